The molecule has 0 aromatic heterocycles. The van der Waals surface area contributed by atoms with Crippen LogP contribution in [0.5, 0.6) is 0 Å². The summed E-state index contributed by atoms with van der Waals surface area (Å²) in [6.07, 6.45) is 1.20. The van der Waals surface area contributed by atoms with Gasteiger partial charge in [0.15, 0.2) is 0 Å². The quantitative estimate of drug-likeness (QED) is 0.811. The van der Waals surface area contributed by atoms with E-state index in [2.05, 4.69) is 5.32 Å². The first-order chi connectivity index (χ1) is 10.7. The third-order valence-electron chi connectivity index (χ3n) is 4.47. The summed E-state index contributed by atoms with van der Waals surface area (Å²) in [7, 11) is 1.66. The molecule has 0 saturated heterocycles. The predicted molar refractivity (Wildman–Crippen MR) is 92.6 cm³/mol. The van der Waals surface area contributed by atoms with Crippen LogP contribution in [0.4, 0.5) is 5.69 Å². The van der Waals surface area contributed by atoms with Crippen LogP contribution in [0, 0.1) is 5.92 Å². The molecule has 2 amide bonds. The highest BCUT2D eigenvalue weighted by Crippen LogP contribution is 2.22. The zero-order valence-corrected chi connectivity index (χ0v) is 14.7. The van der Waals surface area contributed by atoms with Crippen LogP contribution in [0.25, 0.3) is 0 Å². The summed E-state index contributed by atoms with van der Waals surface area (Å²) in [4.78, 5) is 25.9. The number of hydrogen-bond donors (Lipinski definition) is 2. The van der Waals surface area contributed by atoms with Crippen molar-refractivity contribution in [1.82, 2.24) is 5.32 Å². The number of nitrogens with zero attached hydrogens (tertiary/aromatic N) is 1. The largest absolute Gasteiger partial charge is 0.388 e. The molecule has 2 unspecified atom stereocenters. The molecule has 128 valence electrons. The number of rotatable bonds is 7. The number of para-hydroxylation sites is 1. The Morgan fingerprint density at radius 2 is 1.91 bits per heavy atom. The van der Waals surface area contributed by atoms with Gasteiger partial charge in [0, 0.05) is 20.0 Å². The molecule has 1 rings (SSSR count). The topological polar surface area (TPSA) is 69.6 Å². The Morgan fingerprint density at radius 1 is 1.30 bits per heavy atom. The Kier molecular flexibility index (Phi) is 6.76. The summed E-state index contributed by atoms with van der Waals surface area (Å²) in [5.41, 5.74) is 0.0293. The number of amides is 2. The van der Waals surface area contributed by atoms with E-state index in [0.29, 0.717) is 17.7 Å². The van der Waals surface area contributed by atoms with Crippen molar-refractivity contribution in [3.05, 3.63) is 29.8 Å². The van der Waals surface area contributed by atoms with E-state index in [1.165, 1.54) is 4.90 Å². The van der Waals surface area contributed by atoms with Gasteiger partial charge in [0.1, 0.15) is 0 Å². The van der Waals surface area contributed by atoms with Gasteiger partial charge in [-0.25, -0.2) is 0 Å². The molecule has 0 bridgehead atoms. The normalized spacial score (nSPS) is 14.7. The Balaban J connectivity index is 2.91. The minimum Gasteiger partial charge on any atom is -0.388 e. The van der Waals surface area contributed by atoms with Gasteiger partial charge >= 0.3 is 0 Å². The van der Waals surface area contributed by atoms with Crippen molar-refractivity contribution in [3.8, 4) is 0 Å². The van der Waals surface area contributed by atoms with Gasteiger partial charge in [-0.05, 0) is 25.0 Å². The molecule has 1 aromatic carbocycles. The highest BCUT2D eigenvalue weighted by Gasteiger charge is 2.28. The van der Waals surface area contributed by atoms with Gasteiger partial charge in [-0.15, -0.1) is 0 Å². The van der Waals surface area contributed by atoms with E-state index < -0.39 is 5.60 Å². The van der Waals surface area contributed by atoms with Crippen LogP contribution in [0.15, 0.2) is 24.3 Å². The van der Waals surface area contributed by atoms with Gasteiger partial charge < -0.3 is 15.3 Å². The maximum Gasteiger partial charge on any atom is 0.253 e. The first-order valence-electron chi connectivity index (χ1n) is 8.10. The Bertz CT molecular complexity index is 555. The van der Waals surface area contributed by atoms with Gasteiger partial charge in [0.2, 0.25) is 5.91 Å². The van der Waals surface area contributed by atoms with Crippen LogP contribution in [0.3, 0.4) is 0 Å². The lowest BCUT2D eigenvalue weighted by Gasteiger charge is -2.30. The summed E-state index contributed by atoms with van der Waals surface area (Å²) >= 11 is 0. The second-order valence-electron chi connectivity index (χ2n) is 6.17. The average molecular weight is 320 g/mol. The SMILES string of the molecule is CCC(=O)N(C)c1ccccc1C(=O)NCC(C)(O)C(C)CC. The number of carbonyl (C=O) groups excluding carboxylic acids is 2. The zero-order valence-electron chi connectivity index (χ0n) is 14.7. The molecule has 23 heavy (non-hydrogen) atoms. The summed E-state index contributed by atoms with van der Waals surface area (Å²) in [5.74, 6) is -0.279. The van der Waals surface area contributed by atoms with Gasteiger partial charge in [-0.3, -0.25) is 9.59 Å². The number of anilines is 1. The highest BCUT2D eigenvalue weighted by molar-refractivity contribution is 6.04. The number of nitrogens with one attached hydrogen (secondary N) is 1. The van der Waals surface area contributed by atoms with E-state index >= 15 is 0 Å². The minimum atomic E-state index is -0.968. The first-order valence-corrected chi connectivity index (χ1v) is 8.10. The van der Waals surface area contributed by atoms with Crippen LogP contribution in [0.2, 0.25) is 0 Å². The molecule has 1 aromatic rings. The van der Waals surface area contributed by atoms with Gasteiger partial charge in [0.05, 0.1) is 16.9 Å². The number of aliphatic hydroxyl groups is 1. The fourth-order valence-corrected chi connectivity index (χ4v) is 2.30. The fourth-order valence-electron chi connectivity index (χ4n) is 2.30. The van der Waals surface area contributed by atoms with Gasteiger partial charge in [0.25, 0.3) is 5.91 Å². The fraction of sp³-hybridized carbons (Fsp3) is 0.556. The third-order valence-corrected chi connectivity index (χ3v) is 4.47. The smallest absolute Gasteiger partial charge is 0.253 e. The summed E-state index contributed by atoms with van der Waals surface area (Å²) in [6.45, 7) is 7.63. The zero-order chi connectivity index (χ0) is 17.6. The molecule has 0 aliphatic carbocycles. The van der Waals surface area contributed by atoms with Crippen molar-refractivity contribution in [2.75, 3.05) is 18.5 Å². The van der Waals surface area contributed by atoms with Crippen molar-refractivity contribution in [1.29, 1.82) is 0 Å². The Hall–Kier alpha value is -1.88. The number of carbonyl (C=O) groups is 2. The van der Waals surface area contributed by atoms with Crippen molar-refractivity contribution in [2.24, 2.45) is 5.92 Å². The highest BCUT2D eigenvalue weighted by atomic mass is 16.3. The Labute approximate surface area is 138 Å². The summed E-state index contributed by atoms with van der Waals surface area (Å²) < 4.78 is 0. The van der Waals surface area contributed by atoms with Crippen LogP contribution in [0.1, 0.15) is 50.9 Å². The van der Waals surface area contributed by atoms with Crippen molar-refractivity contribution < 1.29 is 14.7 Å². The molecule has 0 saturated carbocycles. The van der Waals surface area contributed by atoms with Gasteiger partial charge in [-0.1, -0.05) is 39.3 Å². The maximum atomic E-state index is 12.5. The summed E-state index contributed by atoms with van der Waals surface area (Å²) in [5, 5.41) is 13.2. The predicted octanol–water partition coefficient (Wildman–Crippen LogP) is 2.59. The molecule has 0 heterocycles. The second kappa shape index (κ2) is 8.11. The van der Waals surface area contributed by atoms with E-state index in [0.717, 1.165) is 6.42 Å². The molecule has 0 spiro atoms. The molecule has 5 heteroatoms. The number of benzene rings is 1. The lowest BCUT2D eigenvalue weighted by Crippen LogP contribution is -2.45. The van der Waals surface area contributed by atoms with Crippen molar-refractivity contribution in [3.63, 3.8) is 0 Å². The van der Waals surface area contributed by atoms with Crippen molar-refractivity contribution in [2.45, 2.75) is 46.1 Å². The molecule has 0 radical (unpaired) electrons. The number of hydrogen-bond acceptors (Lipinski definition) is 3. The Morgan fingerprint density at radius 3 is 2.48 bits per heavy atom. The maximum absolute atomic E-state index is 12.5. The summed E-state index contributed by atoms with van der Waals surface area (Å²) in [6, 6.07) is 6.98. The monoisotopic (exact) mass is 320 g/mol. The third kappa shape index (κ3) is 4.79. The molecule has 0 aliphatic rings. The molecule has 0 fully saturated rings. The average Bonchev–Trinajstić information content (AvgIpc) is 2.57. The lowest BCUT2D eigenvalue weighted by molar-refractivity contribution is -0.118. The van der Waals surface area contributed by atoms with Gasteiger partial charge in [-0.2, -0.15) is 0 Å². The van der Waals surface area contributed by atoms with Crippen LogP contribution < -0.4 is 10.2 Å². The van der Waals surface area contributed by atoms with E-state index in [-0.39, 0.29) is 24.3 Å². The molecular weight excluding hydrogens is 292 g/mol. The van der Waals surface area contributed by atoms with E-state index in [1.807, 2.05) is 13.8 Å². The molecule has 2 atom stereocenters. The molecule has 5 nitrogen and oxygen atoms in total. The second-order valence-corrected chi connectivity index (χ2v) is 6.17. The van der Waals surface area contributed by atoms with E-state index in [9.17, 15) is 14.7 Å². The molecule has 0 aliphatic heterocycles. The van der Waals surface area contributed by atoms with Crippen molar-refractivity contribution >= 4 is 17.5 Å². The first kappa shape index (κ1) is 19.2. The minimum absolute atomic E-state index is 0.0585. The van der Waals surface area contributed by atoms with E-state index in [4.69, 9.17) is 0 Å². The van der Waals surface area contributed by atoms with Crippen LogP contribution in [-0.2, 0) is 4.79 Å². The van der Waals surface area contributed by atoms with Crippen LogP contribution >= 0.6 is 0 Å². The standard InChI is InChI=1S/C18H28N2O3/c1-6-13(3)18(4,23)12-19-17(22)14-10-8-9-11-15(14)20(5)16(21)7-2/h8-11,13,23H,6-7,12H2,1-5H3,(H,19,22). The molecule has 2 N–H and O–H groups in total. The lowest BCUT2D eigenvalue weighted by atomic mass is 9.88. The van der Waals surface area contributed by atoms with E-state index in [1.54, 1.807) is 45.2 Å². The van der Waals surface area contributed by atoms with Crippen LogP contribution in [-0.4, -0.2) is 36.1 Å². The molecular formula is C18H28N2O3.